The van der Waals surface area contributed by atoms with Crippen molar-refractivity contribution < 1.29 is 19.1 Å². The second kappa shape index (κ2) is 9.53. The normalized spacial score (nSPS) is 16.5. The van der Waals surface area contributed by atoms with Gasteiger partial charge in [-0.3, -0.25) is 9.59 Å². The molecule has 0 radical (unpaired) electrons. The van der Waals surface area contributed by atoms with Gasteiger partial charge in [0.2, 0.25) is 5.78 Å². The van der Waals surface area contributed by atoms with Gasteiger partial charge >= 0.3 is 0 Å². The summed E-state index contributed by atoms with van der Waals surface area (Å²) in [5.74, 6) is -1.42. The summed E-state index contributed by atoms with van der Waals surface area (Å²) < 4.78 is 6.67. The fourth-order valence-corrected chi connectivity index (χ4v) is 4.73. The molecule has 33 heavy (non-hydrogen) atoms. The molecule has 2 heterocycles. The lowest BCUT2D eigenvalue weighted by Crippen LogP contribution is -2.38. The number of hydrogen-bond donors (Lipinski definition) is 1. The predicted octanol–water partition coefficient (Wildman–Crippen LogP) is 5.42. The van der Waals surface area contributed by atoms with E-state index in [1.807, 2.05) is 43.3 Å². The third kappa shape index (κ3) is 4.48. The average Bonchev–Trinajstić information content (AvgIpc) is 3.33. The number of aliphatic hydroxyl groups is 1. The van der Waals surface area contributed by atoms with Gasteiger partial charge in [0.25, 0.3) is 5.91 Å². The van der Waals surface area contributed by atoms with Crippen LogP contribution in [0, 0.1) is 6.92 Å². The number of ketones is 1. The van der Waals surface area contributed by atoms with E-state index < -0.39 is 23.5 Å². The summed E-state index contributed by atoms with van der Waals surface area (Å²) in [6, 6.07) is 14.1. The van der Waals surface area contributed by atoms with E-state index in [0.29, 0.717) is 18.7 Å². The Kier molecular flexibility index (Phi) is 6.72. The first kappa shape index (κ1) is 23.3. The van der Waals surface area contributed by atoms with Crippen molar-refractivity contribution in [1.29, 1.82) is 0 Å². The monoisotopic (exact) mass is 510 g/mol. The molecule has 1 N–H and O–H groups in total. The molecule has 1 unspecified atom stereocenters. The highest BCUT2D eigenvalue weighted by atomic mass is 79.9. The van der Waals surface area contributed by atoms with Gasteiger partial charge in [0, 0.05) is 22.9 Å². The van der Waals surface area contributed by atoms with Crippen LogP contribution in [-0.4, -0.2) is 52.8 Å². The molecule has 0 saturated heterocycles. The Morgan fingerprint density at radius 2 is 1.91 bits per heavy atom. The lowest BCUT2D eigenvalue weighted by molar-refractivity contribution is -0.129. The van der Waals surface area contributed by atoms with Crippen molar-refractivity contribution in [3.05, 3.63) is 81.2 Å². The number of amides is 1. The van der Waals surface area contributed by atoms with E-state index in [-0.39, 0.29) is 11.3 Å². The minimum absolute atomic E-state index is 0.0586. The van der Waals surface area contributed by atoms with Gasteiger partial charge in [-0.2, -0.15) is 0 Å². The number of halogens is 1. The highest BCUT2D eigenvalue weighted by Crippen LogP contribution is 2.39. The van der Waals surface area contributed by atoms with Crippen molar-refractivity contribution in [3.8, 4) is 0 Å². The Bertz CT molecular complexity index is 1240. The second-order valence-corrected chi connectivity index (χ2v) is 9.14. The number of rotatable bonds is 8. The van der Waals surface area contributed by atoms with Crippen molar-refractivity contribution in [2.24, 2.45) is 0 Å². The maximum Gasteiger partial charge on any atom is 0.290 e. The van der Waals surface area contributed by atoms with E-state index in [1.54, 1.807) is 17.0 Å². The molecule has 4 rings (SSSR count). The second-order valence-electron chi connectivity index (χ2n) is 8.23. The summed E-state index contributed by atoms with van der Waals surface area (Å²) in [6.07, 6.45) is 0. The first-order valence-corrected chi connectivity index (χ1v) is 11.9. The Morgan fingerprint density at radius 1 is 1.15 bits per heavy atom. The summed E-state index contributed by atoms with van der Waals surface area (Å²) in [7, 11) is 0. The van der Waals surface area contributed by atoms with Crippen LogP contribution < -0.4 is 0 Å². The number of hydrogen-bond acceptors (Lipinski definition) is 5. The van der Waals surface area contributed by atoms with Gasteiger partial charge in [-0.15, -0.1) is 0 Å². The third-order valence-electron chi connectivity index (χ3n) is 6.16. The maximum atomic E-state index is 13.6. The zero-order valence-electron chi connectivity index (χ0n) is 19.0. The van der Waals surface area contributed by atoms with Crippen LogP contribution in [0.4, 0.5) is 0 Å². The summed E-state index contributed by atoms with van der Waals surface area (Å²) in [6.45, 7) is 8.85. The van der Waals surface area contributed by atoms with Crippen LogP contribution >= 0.6 is 15.9 Å². The minimum Gasteiger partial charge on any atom is -0.503 e. The van der Waals surface area contributed by atoms with Gasteiger partial charge in [-0.1, -0.05) is 59.6 Å². The average molecular weight is 511 g/mol. The number of benzene rings is 2. The number of aliphatic hydroxyl groups excluding tert-OH is 1. The summed E-state index contributed by atoms with van der Waals surface area (Å²) in [5, 5.41) is 11.6. The van der Waals surface area contributed by atoms with E-state index in [0.717, 1.165) is 34.1 Å². The first-order valence-electron chi connectivity index (χ1n) is 11.1. The van der Waals surface area contributed by atoms with E-state index in [2.05, 4.69) is 34.7 Å². The molecule has 0 saturated carbocycles. The van der Waals surface area contributed by atoms with Crippen molar-refractivity contribution >= 4 is 38.6 Å². The lowest BCUT2D eigenvalue weighted by atomic mass is 9.94. The standard InChI is InChI=1S/C26H27BrN2O4/c1-4-28(5-2)11-12-29-23(17-8-6-7-16(3)13-17)22(25(31)26(29)32)24(30)21-15-18-14-19(27)9-10-20(18)33-21/h6-10,13-15,23,31H,4-5,11-12H2,1-3H3. The van der Waals surface area contributed by atoms with Crippen molar-refractivity contribution in [2.75, 3.05) is 26.2 Å². The lowest BCUT2D eigenvalue weighted by Gasteiger charge is -2.29. The van der Waals surface area contributed by atoms with Gasteiger partial charge in [0.1, 0.15) is 5.58 Å². The molecular formula is C26H27BrN2O4. The Labute approximate surface area is 201 Å². The van der Waals surface area contributed by atoms with Gasteiger partial charge < -0.3 is 19.3 Å². The van der Waals surface area contributed by atoms with Crippen LogP contribution in [0.2, 0.25) is 0 Å². The molecule has 172 valence electrons. The minimum atomic E-state index is -0.680. The highest BCUT2D eigenvalue weighted by Gasteiger charge is 2.44. The molecule has 1 aliphatic rings. The Hall–Kier alpha value is -2.90. The first-order chi connectivity index (χ1) is 15.8. The zero-order valence-corrected chi connectivity index (χ0v) is 20.6. The van der Waals surface area contributed by atoms with Crippen LogP contribution in [0.15, 0.2) is 68.8 Å². The number of fused-ring (bicyclic) bond motifs is 1. The molecule has 1 atom stereocenters. The summed E-state index contributed by atoms with van der Waals surface area (Å²) in [4.78, 5) is 30.5. The van der Waals surface area contributed by atoms with Crippen LogP contribution in [0.25, 0.3) is 11.0 Å². The van der Waals surface area contributed by atoms with Crippen LogP contribution in [0.5, 0.6) is 0 Å². The van der Waals surface area contributed by atoms with Crippen LogP contribution in [-0.2, 0) is 4.79 Å². The smallest absolute Gasteiger partial charge is 0.290 e. The molecule has 6 nitrogen and oxygen atoms in total. The van der Waals surface area contributed by atoms with E-state index in [9.17, 15) is 14.7 Å². The Balaban J connectivity index is 1.76. The number of Topliss-reactive ketones (excluding diaryl/α,β-unsaturated/α-hetero) is 1. The molecule has 3 aromatic rings. The summed E-state index contributed by atoms with van der Waals surface area (Å²) >= 11 is 3.43. The topological polar surface area (TPSA) is 74.0 Å². The van der Waals surface area contributed by atoms with Crippen molar-refractivity contribution in [3.63, 3.8) is 0 Å². The fourth-order valence-electron chi connectivity index (χ4n) is 4.35. The molecule has 0 aliphatic carbocycles. The molecule has 7 heteroatoms. The van der Waals surface area contributed by atoms with Gasteiger partial charge in [0.15, 0.2) is 11.5 Å². The Morgan fingerprint density at radius 3 is 2.61 bits per heavy atom. The fraction of sp³-hybridized carbons (Fsp3) is 0.308. The number of likely N-dealkylation sites (N-methyl/N-ethyl adjacent to an activating group) is 1. The number of nitrogens with zero attached hydrogens (tertiary/aromatic N) is 2. The van der Waals surface area contributed by atoms with E-state index in [4.69, 9.17) is 4.42 Å². The van der Waals surface area contributed by atoms with Crippen LogP contribution in [0.1, 0.15) is 41.6 Å². The van der Waals surface area contributed by atoms with Crippen molar-refractivity contribution in [2.45, 2.75) is 26.8 Å². The van der Waals surface area contributed by atoms with Crippen molar-refractivity contribution in [1.82, 2.24) is 9.80 Å². The molecule has 1 aliphatic heterocycles. The molecule has 2 aromatic carbocycles. The van der Waals surface area contributed by atoms with Crippen LogP contribution in [0.3, 0.4) is 0 Å². The van der Waals surface area contributed by atoms with Gasteiger partial charge in [-0.05, 0) is 49.8 Å². The SMILES string of the molecule is CCN(CC)CCN1C(=O)C(O)=C(C(=O)c2cc3cc(Br)ccc3o2)C1c1cccc(C)c1. The quantitative estimate of drug-likeness (QED) is 0.409. The van der Waals surface area contributed by atoms with Gasteiger partial charge in [-0.25, -0.2) is 0 Å². The molecule has 0 bridgehead atoms. The van der Waals surface area contributed by atoms with Gasteiger partial charge in [0.05, 0.1) is 11.6 Å². The third-order valence-corrected chi connectivity index (χ3v) is 6.65. The molecule has 1 aromatic heterocycles. The van der Waals surface area contributed by atoms with E-state index in [1.165, 1.54) is 0 Å². The highest BCUT2D eigenvalue weighted by molar-refractivity contribution is 9.10. The van der Waals surface area contributed by atoms with E-state index >= 15 is 0 Å². The summed E-state index contributed by atoms with van der Waals surface area (Å²) in [5.41, 5.74) is 2.42. The number of carbonyl (C=O) groups is 2. The molecule has 0 fully saturated rings. The molecule has 1 amide bonds. The maximum absolute atomic E-state index is 13.6. The number of carbonyl (C=O) groups excluding carboxylic acids is 2. The largest absolute Gasteiger partial charge is 0.503 e. The molecular weight excluding hydrogens is 484 g/mol. The predicted molar refractivity (Wildman–Crippen MR) is 131 cm³/mol. The number of aryl methyl sites for hydroxylation is 1. The zero-order chi connectivity index (χ0) is 23.7. The molecule has 0 spiro atoms. The number of furan rings is 1.